The monoisotopic (exact) mass is 335 g/mol. The molecule has 1 heterocycles. The molecule has 1 aromatic heterocycles. The highest BCUT2D eigenvalue weighted by Gasteiger charge is 2.41. The smallest absolute Gasteiger partial charge is 0.181 e. The van der Waals surface area contributed by atoms with E-state index in [4.69, 9.17) is 4.74 Å². The normalized spacial score (nSPS) is 15.9. The molecule has 1 N–H and O–H groups in total. The number of tetrazole rings is 1. The summed E-state index contributed by atoms with van der Waals surface area (Å²) in [6.45, 7) is 0. The van der Waals surface area contributed by atoms with Crippen molar-refractivity contribution in [3.05, 3.63) is 60.4 Å². The highest BCUT2D eigenvalue weighted by Crippen LogP contribution is 2.42. The molecule has 0 spiro atoms. The van der Waals surface area contributed by atoms with Crippen LogP contribution in [0.15, 0.2) is 54.6 Å². The quantitative estimate of drug-likeness (QED) is 0.772. The lowest BCUT2D eigenvalue weighted by Gasteiger charge is -2.30. The highest BCUT2D eigenvalue weighted by molar-refractivity contribution is 5.58. The zero-order valence-electron chi connectivity index (χ0n) is 14.2. The van der Waals surface area contributed by atoms with Crippen molar-refractivity contribution in [3.8, 4) is 11.4 Å². The van der Waals surface area contributed by atoms with Crippen LogP contribution in [0.25, 0.3) is 5.69 Å². The van der Waals surface area contributed by atoms with Gasteiger partial charge in [0.15, 0.2) is 5.82 Å². The predicted molar refractivity (Wildman–Crippen MR) is 95.9 cm³/mol. The van der Waals surface area contributed by atoms with Gasteiger partial charge >= 0.3 is 0 Å². The Labute approximate surface area is 146 Å². The lowest BCUT2D eigenvalue weighted by Crippen LogP contribution is -2.35. The molecule has 1 saturated carbocycles. The first-order chi connectivity index (χ1) is 12.3. The van der Waals surface area contributed by atoms with Crippen LogP contribution in [-0.2, 0) is 5.54 Å². The minimum absolute atomic E-state index is 0.298. The topological polar surface area (TPSA) is 64.9 Å². The molecule has 6 nitrogen and oxygen atoms in total. The Morgan fingerprint density at radius 1 is 1.00 bits per heavy atom. The first-order valence-electron chi connectivity index (χ1n) is 8.58. The Morgan fingerprint density at radius 3 is 2.48 bits per heavy atom. The number of anilines is 1. The second-order valence-corrected chi connectivity index (χ2v) is 6.36. The van der Waals surface area contributed by atoms with Crippen LogP contribution in [0, 0.1) is 0 Å². The van der Waals surface area contributed by atoms with Gasteiger partial charge in [0.25, 0.3) is 0 Å². The van der Waals surface area contributed by atoms with Crippen molar-refractivity contribution in [2.24, 2.45) is 0 Å². The molecule has 4 rings (SSSR count). The van der Waals surface area contributed by atoms with Crippen LogP contribution >= 0.6 is 0 Å². The van der Waals surface area contributed by atoms with E-state index in [0.717, 1.165) is 48.6 Å². The van der Waals surface area contributed by atoms with E-state index in [9.17, 15) is 0 Å². The van der Waals surface area contributed by atoms with Gasteiger partial charge in [-0.15, -0.1) is 5.10 Å². The Hall–Kier alpha value is -2.89. The zero-order chi connectivity index (χ0) is 17.1. The van der Waals surface area contributed by atoms with E-state index in [-0.39, 0.29) is 5.54 Å². The van der Waals surface area contributed by atoms with Crippen LogP contribution in [-0.4, -0.2) is 27.3 Å². The average Bonchev–Trinajstić information content (AvgIpc) is 3.33. The molecule has 0 radical (unpaired) electrons. The fourth-order valence-corrected chi connectivity index (χ4v) is 3.62. The first-order valence-corrected chi connectivity index (χ1v) is 8.58. The molecule has 0 bridgehead atoms. The van der Waals surface area contributed by atoms with E-state index in [2.05, 4.69) is 20.8 Å². The van der Waals surface area contributed by atoms with E-state index < -0.39 is 0 Å². The molecule has 0 aliphatic heterocycles. The number of nitrogens with zero attached hydrogens (tertiary/aromatic N) is 4. The summed E-state index contributed by atoms with van der Waals surface area (Å²) in [5.41, 5.74) is 1.64. The molecule has 0 atom stereocenters. The fourth-order valence-electron chi connectivity index (χ4n) is 3.62. The molecular formula is C19H21N5O. The number of methoxy groups -OCH3 is 1. The third-order valence-electron chi connectivity index (χ3n) is 4.84. The summed E-state index contributed by atoms with van der Waals surface area (Å²) in [7, 11) is 1.69. The van der Waals surface area contributed by atoms with Crippen LogP contribution in [0.3, 0.4) is 0 Å². The molecular weight excluding hydrogens is 314 g/mol. The Morgan fingerprint density at radius 2 is 1.72 bits per heavy atom. The maximum Gasteiger partial charge on any atom is 0.181 e. The van der Waals surface area contributed by atoms with E-state index in [1.807, 2.05) is 59.3 Å². The zero-order valence-corrected chi connectivity index (χ0v) is 14.2. The molecule has 1 fully saturated rings. The maximum absolute atomic E-state index is 5.51. The third kappa shape index (κ3) is 2.84. The third-order valence-corrected chi connectivity index (χ3v) is 4.84. The SMILES string of the molecule is COc1ccccc1NC1(c2nnnn2-c2ccccc2)CCCC1. The fraction of sp³-hybridized carbons (Fsp3) is 0.316. The minimum atomic E-state index is -0.298. The first kappa shape index (κ1) is 15.6. The van der Waals surface area contributed by atoms with Gasteiger partial charge in [-0.2, -0.15) is 4.68 Å². The number of hydrogen-bond donors (Lipinski definition) is 1. The molecule has 6 heteroatoms. The van der Waals surface area contributed by atoms with Gasteiger partial charge in [0.2, 0.25) is 0 Å². The summed E-state index contributed by atoms with van der Waals surface area (Å²) in [5, 5.41) is 16.3. The molecule has 0 unspecified atom stereocenters. The maximum atomic E-state index is 5.51. The van der Waals surface area contributed by atoms with Gasteiger partial charge < -0.3 is 10.1 Å². The number of rotatable bonds is 5. The lowest BCUT2D eigenvalue weighted by molar-refractivity contribution is 0.409. The van der Waals surface area contributed by atoms with Crippen molar-refractivity contribution in [2.75, 3.05) is 12.4 Å². The summed E-state index contributed by atoms with van der Waals surface area (Å²) in [6, 6.07) is 18.0. The van der Waals surface area contributed by atoms with Crippen molar-refractivity contribution in [1.29, 1.82) is 0 Å². The summed E-state index contributed by atoms with van der Waals surface area (Å²) < 4.78 is 7.35. The van der Waals surface area contributed by atoms with Crippen molar-refractivity contribution >= 4 is 5.69 Å². The molecule has 1 aliphatic carbocycles. The molecule has 3 aromatic rings. The van der Waals surface area contributed by atoms with Crippen LogP contribution < -0.4 is 10.1 Å². The molecule has 1 aliphatic rings. The van der Waals surface area contributed by atoms with E-state index in [0.29, 0.717) is 0 Å². The number of hydrogen-bond acceptors (Lipinski definition) is 5. The van der Waals surface area contributed by atoms with Gasteiger partial charge in [-0.05, 0) is 47.5 Å². The van der Waals surface area contributed by atoms with Crippen LogP contribution in [0.1, 0.15) is 31.5 Å². The Balaban J connectivity index is 1.77. The molecule has 128 valence electrons. The van der Waals surface area contributed by atoms with Gasteiger partial charge in [-0.3, -0.25) is 0 Å². The van der Waals surface area contributed by atoms with Gasteiger partial charge in [0, 0.05) is 0 Å². The van der Waals surface area contributed by atoms with Crippen LogP contribution in [0.5, 0.6) is 5.75 Å². The highest BCUT2D eigenvalue weighted by atomic mass is 16.5. The summed E-state index contributed by atoms with van der Waals surface area (Å²) >= 11 is 0. The minimum Gasteiger partial charge on any atom is -0.495 e. The lowest BCUT2D eigenvalue weighted by atomic mass is 9.95. The van der Waals surface area contributed by atoms with E-state index in [1.165, 1.54) is 0 Å². The van der Waals surface area contributed by atoms with Gasteiger partial charge in [-0.25, -0.2) is 0 Å². The number of ether oxygens (including phenoxy) is 1. The number of benzene rings is 2. The second-order valence-electron chi connectivity index (χ2n) is 6.36. The van der Waals surface area contributed by atoms with Gasteiger partial charge in [0.05, 0.1) is 24.0 Å². The summed E-state index contributed by atoms with van der Waals surface area (Å²) in [4.78, 5) is 0. The van der Waals surface area contributed by atoms with Crippen molar-refractivity contribution in [1.82, 2.24) is 20.2 Å². The van der Waals surface area contributed by atoms with Crippen molar-refractivity contribution in [3.63, 3.8) is 0 Å². The molecule has 0 saturated heterocycles. The Bertz CT molecular complexity index is 840. The average molecular weight is 335 g/mol. The number of nitrogens with one attached hydrogen (secondary N) is 1. The second kappa shape index (κ2) is 6.55. The Kier molecular flexibility index (Phi) is 4.09. The number of aromatic nitrogens is 4. The van der Waals surface area contributed by atoms with Gasteiger partial charge in [-0.1, -0.05) is 43.2 Å². The van der Waals surface area contributed by atoms with Gasteiger partial charge in [0.1, 0.15) is 5.75 Å². The molecule has 2 aromatic carbocycles. The largest absolute Gasteiger partial charge is 0.495 e. The molecule has 25 heavy (non-hydrogen) atoms. The standard InChI is InChI=1S/C19H21N5O/c1-25-17-12-6-5-11-16(17)20-19(13-7-8-14-19)18-21-22-23-24(18)15-9-3-2-4-10-15/h2-6,9-12,20H,7-8,13-14H2,1H3. The predicted octanol–water partition coefficient (Wildman–Crippen LogP) is 3.55. The van der Waals surface area contributed by atoms with Crippen molar-refractivity contribution in [2.45, 2.75) is 31.2 Å². The number of para-hydroxylation sites is 3. The molecule has 0 amide bonds. The van der Waals surface area contributed by atoms with E-state index >= 15 is 0 Å². The summed E-state index contributed by atoms with van der Waals surface area (Å²) in [5.74, 6) is 1.68. The van der Waals surface area contributed by atoms with Crippen molar-refractivity contribution < 1.29 is 4.74 Å². The van der Waals surface area contributed by atoms with Crippen LogP contribution in [0.4, 0.5) is 5.69 Å². The van der Waals surface area contributed by atoms with E-state index in [1.54, 1.807) is 7.11 Å². The van der Waals surface area contributed by atoms with Crippen LogP contribution in [0.2, 0.25) is 0 Å². The summed E-state index contributed by atoms with van der Waals surface area (Å²) in [6.07, 6.45) is 4.25.